The first kappa shape index (κ1) is 23.5. The number of piperazine rings is 1. The van der Waals surface area contributed by atoms with Crippen molar-refractivity contribution in [3.63, 3.8) is 0 Å². The highest BCUT2D eigenvalue weighted by Gasteiger charge is 2.32. The standard InChI is InChI=1S/C29H28N4O3/c1-20(34)22-11-7-12-24(18-22)30-28(35)27(21-8-3-2-4-9-21)32-14-16-33(17-15-32)29(36)26-19-23-10-5-6-13-25(23)31-26/h2-13,18-19,27,31H,14-17H2,1H3,(H,30,35). The van der Waals surface area contributed by atoms with Crippen molar-refractivity contribution in [2.24, 2.45) is 0 Å². The number of rotatable bonds is 6. The van der Waals surface area contributed by atoms with Crippen LogP contribution in [0.25, 0.3) is 10.9 Å². The number of nitrogens with one attached hydrogen (secondary N) is 2. The number of fused-ring (bicyclic) bond motifs is 1. The van der Waals surface area contributed by atoms with E-state index in [2.05, 4.69) is 15.2 Å². The molecule has 1 saturated heterocycles. The maximum atomic E-state index is 13.5. The topological polar surface area (TPSA) is 85.5 Å². The number of benzene rings is 3. The molecule has 1 unspecified atom stereocenters. The maximum Gasteiger partial charge on any atom is 0.270 e. The van der Waals surface area contributed by atoms with Crippen LogP contribution in [0.2, 0.25) is 0 Å². The Labute approximate surface area is 209 Å². The summed E-state index contributed by atoms with van der Waals surface area (Å²) in [4.78, 5) is 45.6. The van der Waals surface area contributed by atoms with Crippen LogP contribution in [-0.4, -0.2) is 58.6 Å². The first-order valence-electron chi connectivity index (χ1n) is 12.1. The van der Waals surface area contributed by atoms with Crippen molar-refractivity contribution in [1.82, 2.24) is 14.8 Å². The summed E-state index contributed by atoms with van der Waals surface area (Å²) in [5, 5.41) is 4.00. The fraction of sp³-hybridized carbons (Fsp3) is 0.207. The molecule has 5 rings (SSSR count). The van der Waals surface area contributed by atoms with Gasteiger partial charge in [0.05, 0.1) is 0 Å². The summed E-state index contributed by atoms with van der Waals surface area (Å²) in [7, 11) is 0. The Hall–Kier alpha value is -4.23. The second-order valence-corrected chi connectivity index (χ2v) is 9.04. The average Bonchev–Trinajstić information content (AvgIpc) is 3.34. The van der Waals surface area contributed by atoms with Gasteiger partial charge >= 0.3 is 0 Å². The van der Waals surface area contributed by atoms with Crippen molar-refractivity contribution in [2.45, 2.75) is 13.0 Å². The van der Waals surface area contributed by atoms with Crippen LogP contribution in [0.1, 0.15) is 39.4 Å². The van der Waals surface area contributed by atoms with Gasteiger partial charge in [0.25, 0.3) is 5.91 Å². The lowest BCUT2D eigenvalue weighted by Crippen LogP contribution is -2.51. The van der Waals surface area contributed by atoms with Crippen LogP contribution in [0.3, 0.4) is 0 Å². The van der Waals surface area contributed by atoms with Gasteiger partial charge in [0, 0.05) is 48.3 Å². The van der Waals surface area contributed by atoms with Crippen molar-refractivity contribution in [2.75, 3.05) is 31.5 Å². The lowest BCUT2D eigenvalue weighted by atomic mass is 10.0. The molecule has 1 aromatic heterocycles. The number of H-pyrrole nitrogens is 1. The van der Waals surface area contributed by atoms with Crippen LogP contribution in [0.4, 0.5) is 5.69 Å². The molecule has 0 radical (unpaired) electrons. The van der Waals surface area contributed by atoms with Crippen molar-refractivity contribution < 1.29 is 14.4 Å². The van der Waals surface area contributed by atoms with Gasteiger partial charge in [-0.2, -0.15) is 0 Å². The lowest BCUT2D eigenvalue weighted by Gasteiger charge is -2.38. The molecule has 0 saturated carbocycles. The summed E-state index contributed by atoms with van der Waals surface area (Å²) in [5.41, 5.74) is 3.53. The van der Waals surface area contributed by atoms with Gasteiger partial charge in [-0.3, -0.25) is 19.3 Å². The minimum atomic E-state index is -0.516. The number of aromatic amines is 1. The molecular formula is C29H28N4O3. The molecule has 2 amide bonds. The van der Waals surface area contributed by atoms with E-state index in [1.165, 1.54) is 6.92 Å². The predicted molar refractivity (Wildman–Crippen MR) is 140 cm³/mol. The number of ketones is 1. The van der Waals surface area contributed by atoms with Crippen LogP contribution in [0.15, 0.2) is 84.9 Å². The second-order valence-electron chi connectivity index (χ2n) is 9.04. The Morgan fingerprint density at radius 2 is 1.56 bits per heavy atom. The van der Waals surface area contributed by atoms with E-state index >= 15 is 0 Å². The molecular weight excluding hydrogens is 452 g/mol. The zero-order valence-corrected chi connectivity index (χ0v) is 20.1. The fourth-order valence-corrected chi connectivity index (χ4v) is 4.73. The molecule has 1 atom stereocenters. The molecule has 0 bridgehead atoms. The fourth-order valence-electron chi connectivity index (χ4n) is 4.73. The number of amides is 2. The van der Waals surface area contributed by atoms with E-state index in [1.807, 2.05) is 65.6 Å². The molecule has 182 valence electrons. The minimum Gasteiger partial charge on any atom is -0.351 e. The van der Waals surface area contributed by atoms with E-state index in [0.29, 0.717) is 43.1 Å². The molecule has 0 spiro atoms. The molecule has 3 aromatic carbocycles. The normalized spacial score (nSPS) is 15.0. The molecule has 7 nitrogen and oxygen atoms in total. The number of nitrogens with zero attached hydrogens (tertiary/aromatic N) is 2. The summed E-state index contributed by atoms with van der Waals surface area (Å²) >= 11 is 0. The Bertz CT molecular complexity index is 1370. The van der Waals surface area contributed by atoms with Gasteiger partial charge in [0.1, 0.15) is 11.7 Å². The van der Waals surface area contributed by atoms with Gasteiger partial charge in [-0.1, -0.05) is 60.7 Å². The molecule has 7 heteroatoms. The number of anilines is 1. The molecule has 0 aliphatic carbocycles. The maximum absolute atomic E-state index is 13.5. The van der Waals surface area contributed by atoms with E-state index < -0.39 is 6.04 Å². The van der Waals surface area contributed by atoms with Gasteiger partial charge in [-0.05, 0) is 36.8 Å². The summed E-state index contributed by atoms with van der Waals surface area (Å²) in [6.45, 7) is 3.67. The largest absolute Gasteiger partial charge is 0.351 e. The molecule has 1 aliphatic rings. The number of hydrogen-bond donors (Lipinski definition) is 2. The second kappa shape index (κ2) is 10.2. The van der Waals surface area contributed by atoms with Gasteiger partial charge in [-0.15, -0.1) is 0 Å². The molecule has 1 aliphatic heterocycles. The summed E-state index contributed by atoms with van der Waals surface area (Å²) in [6.07, 6.45) is 0. The van der Waals surface area contributed by atoms with Gasteiger partial charge in [-0.25, -0.2) is 0 Å². The first-order valence-corrected chi connectivity index (χ1v) is 12.1. The van der Waals surface area contributed by atoms with E-state index in [4.69, 9.17) is 0 Å². The predicted octanol–water partition coefficient (Wildman–Crippen LogP) is 4.51. The Kier molecular flexibility index (Phi) is 6.64. The first-order chi connectivity index (χ1) is 17.5. The third-order valence-corrected chi connectivity index (χ3v) is 6.63. The Balaban J connectivity index is 1.31. The highest BCUT2D eigenvalue weighted by molar-refractivity contribution is 5.99. The van der Waals surface area contributed by atoms with Gasteiger partial charge in [0.15, 0.2) is 5.78 Å². The molecule has 1 fully saturated rings. The number of carbonyl (C=O) groups excluding carboxylic acids is 3. The van der Waals surface area contributed by atoms with E-state index in [-0.39, 0.29) is 17.6 Å². The number of aromatic nitrogens is 1. The molecule has 4 aromatic rings. The number of para-hydroxylation sites is 1. The highest BCUT2D eigenvalue weighted by atomic mass is 16.2. The Morgan fingerprint density at radius 3 is 2.28 bits per heavy atom. The van der Waals surface area contributed by atoms with Crippen LogP contribution in [0, 0.1) is 0 Å². The molecule has 2 heterocycles. The van der Waals surface area contributed by atoms with Crippen LogP contribution in [-0.2, 0) is 4.79 Å². The Morgan fingerprint density at radius 1 is 0.833 bits per heavy atom. The number of Topliss-reactive ketones (excluding diaryl/α,β-unsaturated/α-hetero) is 1. The van der Waals surface area contributed by atoms with Gasteiger partial charge in [0.2, 0.25) is 5.91 Å². The zero-order valence-electron chi connectivity index (χ0n) is 20.1. The molecule has 36 heavy (non-hydrogen) atoms. The van der Waals surface area contributed by atoms with Gasteiger partial charge < -0.3 is 15.2 Å². The van der Waals surface area contributed by atoms with Crippen LogP contribution < -0.4 is 5.32 Å². The van der Waals surface area contributed by atoms with Crippen molar-refractivity contribution in [3.05, 3.63) is 102 Å². The summed E-state index contributed by atoms with van der Waals surface area (Å²) in [6, 6.07) is 25.8. The smallest absolute Gasteiger partial charge is 0.270 e. The van der Waals surface area contributed by atoms with Crippen molar-refractivity contribution >= 4 is 34.2 Å². The SMILES string of the molecule is CC(=O)c1cccc(NC(=O)C(c2ccccc2)N2CCN(C(=O)c3cc4ccccc4[nH]3)CC2)c1. The molecule has 2 N–H and O–H groups in total. The lowest BCUT2D eigenvalue weighted by molar-refractivity contribution is -0.122. The number of hydrogen-bond acceptors (Lipinski definition) is 4. The van der Waals surface area contributed by atoms with Crippen molar-refractivity contribution in [3.8, 4) is 0 Å². The van der Waals surface area contributed by atoms with Crippen molar-refractivity contribution in [1.29, 1.82) is 0 Å². The van der Waals surface area contributed by atoms with Crippen LogP contribution in [0.5, 0.6) is 0 Å². The number of carbonyl (C=O) groups is 3. The zero-order chi connectivity index (χ0) is 25.1. The summed E-state index contributed by atoms with van der Waals surface area (Å²) < 4.78 is 0. The summed E-state index contributed by atoms with van der Waals surface area (Å²) in [5.74, 6) is -0.258. The monoisotopic (exact) mass is 480 g/mol. The average molecular weight is 481 g/mol. The highest BCUT2D eigenvalue weighted by Crippen LogP contribution is 2.25. The third kappa shape index (κ3) is 4.92. The van der Waals surface area contributed by atoms with E-state index in [1.54, 1.807) is 24.3 Å². The third-order valence-electron chi connectivity index (χ3n) is 6.63. The minimum absolute atomic E-state index is 0.0346. The quantitative estimate of drug-likeness (QED) is 0.398. The van der Waals surface area contributed by atoms with E-state index in [9.17, 15) is 14.4 Å². The van der Waals surface area contributed by atoms with Crippen LogP contribution >= 0.6 is 0 Å². The van der Waals surface area contributed by atoms with E-state index in [0.717, 1.165) is 16.5 Å².